The second-order valence-electron chi connectivity index (χ2n) is 10.1. The Labute approximate surface area is 210 Å². The molecule has 198 valence electrons. The number of nitrogen functional groups attached to an aromatic ring is 1. The number of nitrogens with zero attached hydrogens (tertiary/aromatic N) is 5. The lowest BCUT2D eigenvalue weighted by molar-refractivity contribution is -0.152. The fourth-order valence-corrected chi connectivity index (χ4v) is 5.52. The normalized spacial score (nSPS) is 22.1. The van der Waals surface area contributed by atoms with Gasteiger partial charge in [0.25, 0.3) is 5.78 Å². The molecule has 1 fully saturated rings. The Morgan fingerprint density at radius 1 is 1.27 bits per heavy atom. The summed E-state index contributed by atoms with van der Waals surface area (Å²) >= 11 is 0. The Hall–Kier alpha value is -3.45. The van der Waals surface area contributed by atoms with Gasteiger partial charge in [0, 0.05) is 24.4 Å². The molecule has 10 nitrogen and oxygen atoms in total. The number of nitrogens with two attached hydrogens (primary N) is 2. The minimum absolute atomic E-state index is 0.00531. The Bertz CT molecular complexity index is 1370. The van der Waals surface area contributed by atoms with Crippen molar-refractivity contribution in [3.8, 4) is 0 Å². The van der Waals surface area contributed by atoms with Crippen molar-refractivity contribution >= 4 is 23.2 Å². The summed E-state index contributed by atoms with van der Waals surface area (Å²) in [5.74, 6) is 1.32. The SMILES string of the molecule is Cc1nnc2nc(NC(C)c3cc(N)cc(C(F)(F)F)c3)c3c(n12)CN(C(=O)C1(CN)CC(CO)C1)C3. The number of rotatable bonds is 6. The summed E-state index contributed by atoms with van der Waals surface area (Å²) in [6.07, 6.45) is -3.47. The van der Waals surface area contributed by atoms with Gasteiger partial charge in [-0.25, -0.2) is 0 Å². The van der Waals surface area contributed by atoms with Gasteiger partial charge in [0.15, 0.2) is 0 Å². The van der Waals surface area contributed by atoms with E-state index in [4.69, 9.17) is 11.5 Å². The molecule has 6 N–H and O–H groups in total. The van der Waals surface area contributed by atoms with Crippen LogP contribution in [-0.4, -0.2) is 48.6 Å². The van der Waals surface area contributed by atoms with Crippen LogP contribution in [0.3, 0.4) is 0 Å². The third-order valence-corrected chi connectivity index (χ3v) is 7.52. The average molecular weight is 519 g/mol. The molecule has 1 amide bonds. The van der Waals surface area contributed by atoms with E-state index >= 15 is 0 Å². The van der Waals surface area contributed by atoms with Gasteiger partial charge in [0.05, 0.1) is 35.8 Å². The molecular weight excluding hydrogens is 489 g/mol. The molecule has 0 bridgehead atoms. The Balaban J connectivity index is 1.48. The number of hydrogen-bond donors (Lipinski definition) is 4. The second kappa shape index (κ2) is 8.84. The van der Waals surface area contributed by atoms with Crippen LogP contribution in [-0.2, 0) is 24.1 Å². The van der Waals surface area contributed by atoms with Crippen LogP contribution in [0.4, 0.5) is 24.7 Å². The fourth-order valence-electron chi connectivity index (χ4n) is 5.52. The molecule has 2 aromatic heterocycles. The van der Waals surface area contributed by atoms with E-state index in [1.54, 1.807) is 23.1 Å². The van der Waals surface area contributed by atoms with Gasteiger partial charge in [-0.2, -0.15) is 18.2 Å². The number of aliphatic hydroxyl groups is 1. The molecule has 3 heterocycles. The lowest BCUT2D eigenvalue weighted by Gasteiger charge is -2.46. The summed E-state index contributed by atoms with van der Waals surface area (Å²) in [6, 6.07) is 2.87. The van der Waals surface area contributed by atoms with E-state index in [0.717, 1.165) is 23.4 Å². The first-order valence-electron chi connectivity index (χ1n) is 12.0. The number of alkyl halides is 3. The second-order valence-corrected chi connectivity index (χ2v) is 10.1. The number of benzene rings is 1. The number of nitrogens with one attached hydrogen (secondary N) is 1. The zero-order chi connectivity index (χ0) is 26.7. The number of halogens is 3. The van der Waals surface area contributed by atoms with Crippen molar-refractivity contribution in [2.24, 2.45) is 17.1 Å². The highest BCUT2D eigenvalue weighted by atomic mass is 19.4. The maximum Gasteiger partial charge on any atom is 0.416 e. The van der Waals surface area contributed by atoms with E-state index < -0.39 is 23.2 Å². The van der Waals surface area contributed by atoms with Crippen LogP contribution in [0, 0.1) is 18.3 Å². The highest BCUT2D eigenvalue weighted by Crippen LogP contribution is 2.47. The van der Waals surface area contributed by atoms with E-state index in [2.05, 4.69) is 20.5 Å². The van der Waals surface area contributed by atoms with Crippen LogP contribution in [0.15, 0.2) is 18.2 Å². The van der Waals surface area contributed by atoms with Crippen LogP contribution < -0.4 is 16.8 Å². The molecule has 1 aromatic carbocycles. The number of carbonyl (C=O) groups excluding carboxylic acids is 1. The monoisotopic (exact) mass is 518 g/mol. The molecule has 1 aliphatic carbocycles. The molecule has 5 rings (SSSR count). The van der Waals surface area contributed by atoms with Crippen LogP contribution in [0.1, 0.15) is 54.0 Å². The zero-order valence-corrected chi connectivity index (χ0v) is 20.5. The average Bonchev–Trinajstić information content (AvgIpc) is 3.41. The van der Waals surface area contributed by atoms with Gasteiger partial charge in [-0.05, 0) is 56.4 Å². The smallest absolute Gasteiger partial charge is 0.399 e. The number of fused-ring (bicyclic) bond motifs is 3. The summed E-state index contributed by atoms with van der Waals surface area (Å²) < 4.78 is 41.8. The maximum atomic E-state index is 13.6. The molecular formula is C24H29F3N8O2. The minimum atomic E-state index is -4.53. The first-order chi connectivity index (χ1) is 17.5. The Kier molecular flexibility index (Phi) is 6.02. The van der Waals surface area contributed by atoms with E-state index in [1.807, 2.05) is 0 Å². The largest absolute Gasteiger partial charge is 0.416 e. The quantitative estimate of drug-likeness (QED) is 0.364. The van der Waals surface area contributed by atoms with Crippen LogP contribution in [0.5, 0.6) is 0 Å². The number of hydrogen-bond acceptors (Lipinski definition) is 8. The van der Waals surface area contributed by atoms with Gasteiger partial charge in [-0.1, -0.05) is 0 Å². The topological polar surface area (TPSA) is 148 Å². The van der Waals surface area contributed by atoms with E-state index in [1.165, 1.54) is 6.07 Å². The van der Waals surface area contributed by atoms with Crippen molar-refractivity contribution in [1.82, 2.24) is 24.5 Å². The molecule has 1 saturated carbocycles. The highest BCUT2D eigenvalue weighted by Gasteiger charge is 2.51. The molecule has 1 unspecified atom stereocenters. The summed E-state index contributed by atoms with van der Waals surface area (Å²) in [6.45, 7) is 4.25. The van der Waals surface area contributed by atoms with Crippen LogP contribution in [0.2, 0.25) is 0 Å². The third-order valence-electron chi connectivity index (χ3n) is 7.52. The predicted octanol–water partition coefficient (Wildman–Crippen LogP) is 2.40. The van der Waals surface area contributed by atoms with E-state index in [9.17, 15) is 23.1 Å². The van der Waals surface area contributed by atoms with Gasteiger partial charge < -0.3 is 26.8 Å². The summed E-state index contributed by atoms with van der Waals surface area (Å²) in [4.78, 5) is 19.9. The maximum absolute atomic E-state index is 13.6. The fraction of sp³-hybridized carbons (Fsp3) is 0.500. The zero-order valence-electron chi connectivity index (χ0n) is 20.5. The Morgan fingerprint density at radius 3 is 2.65 bits per heavy atom. The lowest BCUT2D eigenvalue weighted by Crippen LogP contribution is -2.54. The predicted molar refractivity (Wildman–Crippen MR) is 129 cm³/mol. The van der Waals surface area contributed by atoms with Crippen molar-refractivity contribution < 1.29 is 23.1 Å². The van der Waals surface area contributed by atoms with Crippen molar-refractivity contribution in [3.05, 3.63) is 46.4 Å². The molecule has 1 atom stereocenters. The highest BCUT2D eigenvalue weighted by molar-refractivity contribution is 5.85. The Morgan fingerprint density at radius 2 is 2.00 bits per heavy atom. The number of aryl methyl sites for hydroxylation is 1. The number of amides is 1. The van der Waals surface area contributed by atoms with E-state index in [-0.39, 0.29) is 43.8 Å². The molecule has 0 spiro atoms. The van der Waals surface area contributed by atoms with Crippen molar-refractivity contribution in [2.45, 2.75) is 52.0 Å². The molecule has 2 aliphatic rings. The number of aromatic nitrogens is 4. The minimum Gasteiger partial charge on any atom is -0.399 e. The molecule has 37 heavy (non-hydrogen) atoms. The van der Waals surface area contributed by atoms with Crippen molar-refractivity contribution in [2.75, 3.05) is 24.2 Å². The standard InChI is InChI=1S/C24H29F3N8O2/c1-12(15-3-16(24(25,26)27)5-17(29)4-15)30-20-18-8-34(21(37)23(11-28)6-14(7-23)10-36)9-19(18)35-13(2)32-33-22(35)31-20/h3-5,12,14,36H,6-11,28-29H2,1-2H3,(H,30,31,33). The lowest BCUT2D eigenvalue weighted by atomic mass is 9.61. The molecule has 1 aliphatic heterocycles. The number of aliphatic hydroxyl groups excluding tert-OH is 1. The third kappa shape index (κ3) is 4.25. The van der Waals surface area contributed by atoms with E-state index in [0.29, 0.717) is 35.8 Å². The van der Waals surface area contributed by atoms with Gasteiger partial charge in [0.2, 0.25) is 5.91 Å². The molecule has 0 saturated heterocycles. The summed E-state index contributed by atoms with van der Waals surface area (Å²) in [7, 11) is 0. The molecule has 0 radical (unpaired) electrons. The number of anilines is 2. The first-order valence-corrected chi connectivity index (χ1v) is 12.0. The van der Waals surface area contributed by atoms with Crippen molar-refractivity contribution in [1.29, 1.82) is 0 Å². The summed E-state index contributed by atoms with van der Waals surface area (Å²) in [5, 5.41) is 20.9. The van der Waals surface area contributed by atoms with Gasteiger partial charge >= 0.3 is 6.18 Å². The van der Waals surface area contributed by atoms with Crippen molar-refractivity contribution in [3.63, 3.8) is 0 Å². The summed E-state index contributed by atoms with van der Waals surface area (Å²) in [5.41, 5.74) is 12.1. The van der Waals surface area contributed by atoms with Crippen LogP contribution in [0.25, 0.3) is 5.78 Å². The molecule has 13 heteroatoms. The van der Waals surface area contributed by atoms with Gasteiger partial charge in [0.1, 0.15) is 11.6 Å². The van der Waals surface area contributed by atoms with Gasteiger partial charge in [-0.3, -0.25) is 9.20 Å². The van der Waals surface area contributed by atoms with Gasteiger partial charge in [-0.15, -0.1) is 10.2 Å². The first kappa shape index (κ1) is 25.2. The van der Waals surface area contributed by atoms with Crippen LogP contribution >= 0.6 is 0 Å². The number of carbonyl (C=O) groups is 1. The molecule has 3 aromatic rings.